The normalized spacial score (nSPS) is 40.4. The Labute approximate surface area is 98.7 Å². The van der Waals surface area contributed by atoms with Crippen LogP contribution in [-0.4, -0.2) is 60.9 Å². The van der Waals surface area contributed by atoms with Crippen LogP contribution in [0, 0.1) is 0 Å². The summed E-state index contributed by atoms with van der Waals surface area (Å²) < 4.78 is 33.3. The summed E-state index contributed by atoms with van der Waals surface area (Å²) in [5.74, 6) is -0.288. The van der Waals surface area contributed by atoms with Crippen LogP contribution in [-0.2, 0) is 9.53 Å². The highest BCUT2D eigenvalue weighted by Gasteiger charge is 2.42. The second kappa shape index (κ2) is 5.04. The number of fused-ring (bicyclic) bond motifs is 1. The number of ether oxygens (including phenoxy) is 1. The number of nitrogens with one attached hydrogen (secondary N) is 3. The number of hydrogen-bond acceptors (Lipinski definition) is 7. The van der Waals surface area contributed by atoms with Gasteiger partial charge in [-0.05, 0) is 0 Å². The fourth-order valence-corrected chi connectivity index (χ4v) is 1.82. The van der Waals surface area contributed by atoms with Gasteiger partial charge in [-0.15, -0.1) is 0 Å². The number of aliphatic hydroxyl groups is 1. The van der Waals surface area contributed by atoms with Crippen molar-refractivity contribution in [1.82, 2.24) is 20.9 Å². The van der Waals surface area contributed by atoms with Crippen molar-refractivity contribution < 1.29 is 20.1 Å². The molecule has 6 N–H and O–H groups in total. The van der Waals surface area contributed by atoms with Crippen LogP contribution in [0.25, 0.3) is 0 Å². The SMILES string of the molecule is [2H]C([2H])(O)C([2H])([2H])OCN1CNC2C(=O)NC(N)NC21. The highest BCUT2D eigenvalue weighted by atomic mass is 16.5. The summed E-state index contributed by atoms with van der Waals surface area (Å²) in [5.41, 5.74) is 5.58. The van der Waals surface area contributed by atoms with Crippen LogP contribution in [0.5, 0.6) is 0 Å². The van der Waals surface area contributed by atoms with Crippen molar-refractivity contribution in [3.63, 3.8) is 0 Å². The van der Waals surface area contributed by atoms with E-state index in [4.69, 9.17) is 21.1 Å². The Morgan fingerprint density at radius 2 is 2.56 bits per heavy atom. The topological polar surface area (TPSA) is 112 Å². The van der Waals surface area contributed by atoms with Crippen molar-refractivity contribution in [2.24, 2.45) is 5.73 Å². The molecule has 3 atom stereocenters. The van der Waals surface area contributed by atoms with Crippen LogP contribution >= 0.6 is 0 Å². The van der Waals surface area contributed by atoms with E-state index >= 15 is 0 Å². The van der Waals surface area contributed by atoms with Gasteiger partial charge in [-0.1, -0.05) is 0 Å². The minimum atomic E-state index is -3.13. The zero-order chi connectivity index (χ0) is 15.1. The Morgan fingerprint density at radius 1 is 1.75 bits per heavy atom. The molecular formula is C8H17N5O3. The number of rotatable bonds is 4. The minimum absolute atomic E-state index is 0.229. The van der Waals surface area contributed by atoms with Crippen molar-refractivity contribution in [2.45, 2.75) is 18.5 Å². The van der Waals surface area contributed by atoms with E-state index in [-0.39, 0.29) is 19.3 Å². The number of amides is 1. The van der Waals surface area contributed by atoms with E-state index in [9.17, 15) is 4.79 Å². The monoisotopic (exact) mass is 235 g/mol. The molecule has 0 saturated carbocycles. The molecule has 0 aromatic carbocycles. The summed E-state index contributed by atoms with van der Waals surface area (Å²) in [6.07, 6.45) is -1.23. The molecule has 2 fully saturated rings. The quantitative estimate of drug-likeness (QED) is 0.343. The lowest BCUT2D eigenvalue weighted by atomic mass is 10.2. The van der Waals surface area contributed by atoms with Gasteiger partial charge in [0.1, 0.15) is 19.1 Å². The zero-order valence-electron chi connectivity index (χ0n) is 12.4. The van der Waals surface area contributed by atoms with Gasteiger partial charge in [-0.25, -0.2) is 0 Å². The van der Waals surface area contributed by atoms with Crippen LogP contribution in [0.4, 0.5) is 0 Å². The molecule has 0 radical (unpaired) electrons. The van der Waals surface area contributed by atoms with Gasteiger partial charge in [0.05, 0.1) is 31.4 Å². The first-order valence-corrected chi connectivity index (χ1v) is 4.77. The van der Waals surface area contributed by atoms with E-state index in [0.29, 0.717) is 0 Å². The average Bonchev–Trinajstić information content (AvgIpc) is 2.68. The summed E-state index contributed by atoms with van der Waals surface area (Å²) in [6, 6.07) is -0.560. The van der Waals surface area contributed by atoms with Crippen molar-refractivity contribution in [1.29, 1.82) is 0 Å². The maximum Gasteiger partial charge on any atom is 0.242 e. The van der Waals surface area contributed by atoms with Crippen LogP contribution in [0.15, 0.2) is 0 Å². The molecule has 2 aliphatic rings. The molecule has 2 saturated heterocycles. The van der Waals surface area contributed by atoms with E-state index in [1.165, 1.54) is 4.90 Å². The first-order valence-electron chi connectivity index (χ1n) is 6.77. The van der Waals surface area contributed by atoms with Crippen molar-refractivity contribution in [3.8, 4) is 0 Å². The Hall–Kier alpha value is -0.770. The second-order valence-electron chi connectivity index (χ2n) is 3.51. The van der Waals surface area contributed by atoms with Crippen LogP contribution in [0.3, 0.4) is 0 Å². The highest BCUT2D eigenvalue weighted by molar-refractivity contribution is 5.83. The van der Waals surface area contributed by atoms with Crippen molar-refractivity contribution >= 4 is 5.91 Å². The summed E-state index contributed by atoms with van der Waals surface area (Å²) >= 11 is 0. The summed E-state index contributed by atoms with van der Waals surface area (Å²) in [7, 11) is 0. The van der Waals surface area contributed by atoms with Gasteiger partial charge in [-0.2, -0.15) is 0 Å². The minimum Gasteiger partial charge on any atom is -0.394 e. The van der Waals surface area contributed by atoms with Crippen molar-refractivity contribution in [3.05, 3.63) is 0 Å². The molecule has 92 valence electrons. The molecule has 0 aromatic rings. The molecule has 0 aromatic heterocycles. The molecule has 8 nitrogen and oxygen atoms in total. The standard InChI is InChI=1S/C8H17N5O3/c9-8-11-6-5(7(15)12-8)10-3-13(6)4-16-2-1-14/h5-6,8,10-11,14H,1-4,9H2,(H,12,15)/i1D2,2D2. The summed E-state index contributed by atoms with van der Waals surface area (Å²) in [6.45, 7) is -6.10. The highest BCUT2D eigenvalue weighted by Crippen LogP contribution is 2.12. The third-order valence-electron chi connectivity index (χ3n) is 2.50. The van der Waals surface area contributed by atoms with Gasteiger partial charge >= 0.3 is 0 Å². The summed E-state index contributed by atoms with van der Waals surface area (Å²) in [4.78, 5) is 13.2. The Morgan fingerprint density at radius 3 is 3.31 bits per heavy atom. The molecule has 0 aliphatic carbocycles. The van der Waals surface area contributed by atoms with Gasteiger partial charge in [0.25, 0.3) is 0 Å². The number of hydrogen-bond donors (Lipinski definition) is 5. The van der Waals surface area contributed by atoms with Crippen LogP contribution in [0.2, 0.25) is 0 Å². The molecule has 8 heteroatoms. The van der Waals surface area contributed by atoms with Crippen molar-refractivity contribution in [2.75, 3.05) is 26.5 Å². The molecule has 2 rings (SSSR count). The van der Waals surface area contributed by atoms with E-state index in [0.717, 1.165) is 0 Å². The Bertz CT molecular complexity index is 393. The van der Waals surface area contributed by atoms with Crippen LogP contribution in [0.1, 0.15) is 5.48 Å². The average molecular weight is 235 g/mol. The molecule has 16 heavy (non-hydrogen) atoms. The summed E-state index contributed by atoms with van der Waals surface area (Å²) in [5, 5.41) is 17.3. The Balaban J connectivity index is 1.96. The van der Waals surface area contributed by atoms with E-state index < -0.39 is 31.6 Å². The van der Waals surface area contributed by atoms with Crippen LogP contribution < -0.4 is 21.7 Å². The van der Waals surface area contributed by atoms with E-state index in [1.54, 1.807) is 0 Å². The molecule has 2 aliphatic heterocycles. The lowest BCUT2D eigenvalue weighted by Gasteiger charge is -2.34. The number of nitrogens with two attached hydrogens (primary N) is 1. The molecule has 0 spiro atoms. The fraction of sp³-hybridized carbons (Fsp3) is 0.875. The fourth-order valence-electron chi connectivity index (χ4n) is 1.82. The predicted octanol–water partition coefficient (Wildman–Crippen LogP) is -3.53. The maximum atomic E-state index is 11.7. The first-order chi connectivity index (χ1) is 9.12. The first kappa shape index (κ1) is 7.54. The largest absolute Gasteiger partial charge is 0.394 e. The molecule has 0 bridgehead atoms. The van der Waals surface area contributed by atoms with E-state index in [2.05, 4.69) is 16.0 Å². The molecule has 3 unspecified atom stereocenters. The molecular weight excluding hydrogens is 214 g/mol. The lowest BCUT2D eigenvalue weighted by molar-refractivity contribution is -0.127. The van der Waals surface area contributed by atoms with E-state index in [1.807, 2.05) is 0 Å². The smallest absolute Gasteiger partial charge is 0.242 e. The second-order valence-corrected chi connectivity index (χ2v) is 3.51. The van der Waals surface area contributed by atoms with Gasteiger partial charge in [0, 0.05) is 0 Å². The Kier molecular flexibility index (Phi) is 2.37. The third-order valence-corrected chi connectivity index (χ3v) is 2.50. The number of carbonyl (C=O) groups excluding carboxylic acids is 1. The lowest BCUT2D eigenvalue weighted by Crippen LogP contribution is -2.70. The molecule has 2 heterocycles. The predicted molar refractivity (Wildman–Crippen MR) is 54.6 cm³/mol. The maximum absolute atomic E-state index is 11.7. The van der Waals surface area contributed by atoms with Gasteiger partial charge in [0.2, 0.25) is 5.91 Å². The van der Waals surface area contributed by atoms with Gasteiger partial charge in [0.15, 0.2) is 0 Å². The van der Waals surface area contributed by atoms with Gasteiger partial charge < -0.3 is 15.2 Å². The number of nitrogens with zero attached hydrogens (tertiary/aromatic N) is 1. The zero-order valence-corrected chi connectivity index (χ0v) is 8.43. The molecule has 1 amide bonds. The third kappa shape index (κ3) is 2.32. The number of carbonyl (C=O) groups is 1. The van der Waals surface area contributed by atoms with Gasteiger partial charge in [-0.3, -0.25) is 26.1 Å².